The summed E-state index contributed by atoms with van der Waals surface area (Å²) in [6.07, 6.45) is 0. The Bertz CT molecular complexity index is 649. The van der Waals surface area contributed by atoms with Crippen LogP contribution in [0.3, 0.4) is 0 Å². The monoisotopic (exact) mass is 339 g/mol. The van der Waals surface area contributed by atoms with E-state index in [2.05, 4.69) is 31.1 Å². The normalized spacial score (nSPS) is 10.5. The molecule has 0 atom stereocenters. The third kappa shape index (κ3) is 3.30. The standard InChI is InChI=1S/C12H10BrN3O2S/c1-6-7(2)15-16-12(14-6)19-10-5-8(13)3-4-9(10)11(17)18/h3-5H,1-2H3,(H,17,18). The molecule has 1 aromatic carbocycles. The Morgan fingerprint density at radius 3 is 2.63 bits per heavy atom. The van der Waals surface area contributed by atoms with E-state index in [-0.39, 0.29) is 5.56 Å². The van der Waals surface area contributed by atoms with Crippen molar-refractivity contribution in [2.75, 3.05) is 0 Å². The molecule has 19 heavy (non-hydrogen) atoms. The molecule has 0 fully saturated rings. The molecular weight excluding hydrogens is 330 g/mol. The van der Waals surface area contributed by atoms with Crippen LogP contribution < -0.4 is 0 Å². The van der Waals surface area contributed by atoms with Gasteiger partial charge in [0.15, 0.2) is 0 Å². The van der Waals surface area contributed by atoms with E-state index in [0.29, 0.717) is 10.1 Å². The molecule has 0 saturated carbocycles. The van der Waals surface area contributed by atoms with Gasteiger partial charge >= 0.3 is 5.97 Å². The maximum Gasteiger partial charge on any atom is 0.336 e. The van der Waals surface area contributed by atoms with Crippen LogP contribution in [0.1, 0.15) is 21.7 Å². The number of hydrogen-bond acceptors (Lipinski definition) is 5. The van der Waals surface area contributed by atoms with Crippen LogP contribution in [0.15, 0.2) is 32.7 Å². The first-order valence-electron chi connectivity index (χ1n) is 5.36. The summed E-state index contributed by atoms with van der Waals surface area (Å²) >= 11 is 4.51. The van der Waals surface area contributed by atoms with Crippen LogP contribution in [-0.2, 0) is 0 Å². The van der Waals surface area contributed by atoms with E-state index in [9.17, 15) is 4.79 Å². The van der Waals surface area contributed by atoms with E-state index >= 15 is 0 Å². The lowest BCUT2D eigenvalue weighted by Gasteiger charge is -2.06. The first kappa shape index (κ1) is 14.0. The van der Waals surface area contributed by atoms with Crippen molar-refractivity contribution in [1.82, 2.24) is 15.2 Å². The number of hydrogen-bond donors (Lipinski definition) is 1. The average Bonchev–Trinajstić information content (AvgIpc) is 2.33. The molecule has 7 heteroatoms. The van der Waals surface area contributed by atoms with E-state index in [4.69, 9.17) is 5.11 Å². The summed E-state index contributed by atoms with van der Waals surface area (Å²) in [5.41, 5.74) is 1.76. The van der Waals surface area contributed by atoms with Gasteiger partial charge in [-0.2, -0.15) is 5.10 Å². The highest BCUT2D eigenvalue weighted by Crippen LogP contribution is 2.30. The predicted octanol–water partition coefficient (Wildman–Crippen LogP) is 3.10. The van der Waals surface area contributed by atoms with Crippen molar-refractivity contribution in [2.45, 2.75) is 23.9 Å². The second-order valence-electron chi connectivity index (χ2n) is 3.81. The Labute approximate surface area is 122 Å². The van der Waals surface area contributed by atoms with Crippen LogP contribution in [0, 0.1) is 13.8 Å². The molecule has 5 nitrogen and oxygen atoms in total. The molecule has 2 aromatic rings. The zero-order chi connectivity index (χ0) is 14.0. The summed E-state index contributed by atoms with van der Waals surface area (Å²) in [6.45, 7) is 3.67. The molecule has 98 valence electrons. The minimum atomic E-state index is -0.980. The van der Waals surface area contributed by atoms with E-state index < -0.39 is 5.97 Å². The fourth-order valence-corrected chi connectivity index (χ4v) is 2.76. The van der Waals surface area contributed by atoms with Gasteiger partial charge in [0.05, 0.1) is 17.0 Å². The average molecular weight is 340 g/mol. The number of aromatic carboxylic acids is 1. The molecule has 1 heterocycles. The third-order valence-corrected chi connectivity index (χ3v) is 3.85. The number of nitrogens with zero attached hydrogens (tertiary/aromatic N) is 3. The molecule has 0 radical (unpaired) electrons. The second-order valence-corrected chi connectivity index (χ2v) is 5.74. The highest BCUT2D eigenvalue weighted by atomic mass is 79.9. The van der Waals surface area contributed by atoms with Gasteiger partial charge < -0.3 is 5.11 Å². The summed E-state index contributed by atoms with van der Waals surface area (Å²) in [6, 6.07) is 4.96. The van der Waals surface area contributed by atoms with Gasteiger partial charge in [-0.1, -0.05) is 15.9 Å². The molecule has 0 saturated heterocycles. The van der Waals surface area contributed by atoms with Gasteiger partial charge in [-0.15, -0.1) is 5.10 Å². The molecule has 0 bridgehead atoms. The van der Waals surface area contributed by atoms with Crippen molar-refractivity contribution in [3.8, 4) is 0 Å². The number of carboxylic acid groups (broad SMARTS) is 1. The summed E-state index contributed by atoms with van der Waals surface area (Å²) < 4.78 is 0.803. The first-order valence-corrected chi connectivity index (χ1v) is 6.97. The number of carbonyl (C=O) groups is 1. The molecule has 1 aromatic heterocycles. The fourth-order valence-electron chi connectivity index (χ4n) is 1.34. The summed E-state index contributed by atoms with van der Waals surface area (Å²) in [5, 5.41) is 17.5. The first-order chi connectivity index (χ1) is 8.97. The van der Waals surface area contributed by atoms with E-state index in [1.165, 1.54) is 11.8 Å². The van der Waals surface area contributed by atoms with E-state index in [1.54, 1.807) is 18.2 Å². The van der Waals surface area contributed by atoms with Crippen LogP contribution >= 0.6 is 27.7 Å². The molecule has 0 amide bonds. The number of benzene rings is 1. The minimum absolute atomic E-state index is 0.218. The Morgan fingerprint density at radius 2 is 2.00 bits per heavy atom. The van der Waals surface area contributed by atoms with Gasteiger partial charge in [0.2, 0.25) is 5.16 Å². The zero-order valence-corrected chi connectivity index (χ0v) is 12.6. The Balaban J connectivity index is 2.39. The predicted molar refractivity (Wildman–Crippen MR) is 74.5 cm³/mol. The fraction of sp³-hybridized carbons (Fsp3) is 0.167. The molecule has 0 aliphatic heterocycles. The zero-order valence-electron chi connectivity index (χ0n) is 10.2. The maximum atomic E-state index is 11.2. The van der Waals surface area contributed by atoms with E-state index in [0.717, 1.165) is 15.9 Å². The third-order valence-electron chi connectivity index (χ3n) is 2.45. The van der Waals surface area contributed by atoms with Crippen LogP contribution in [0.5, 0.6) is 0 Å². The lowest BCUT2D eigenvalue weighted by atomic mass is 10.2. The van der Waals surface area contributed by atoms with Crippen molar-refractivity contribution in [3.05, 3.63) is 39.6 Å². The highest BCUT2D eigenvalue weighted by Gasteiger charge is 2.13. The van der Waals surface area contributed by atoms with E-state index in [1.807, 2.05) is 13.8 Å². The lowest BCUT2D eigenvalue weighted by Crippen LogP contribution is -2.01. The molecule has 0 aliphatic rings. The van der Waals surface area contributed by atoms with Crippen LogP contribution in [-0.4, -0.2) is 26.3 Å². The van der Waals surface area contributed by atoms with Crippen molar-refractivity contribution in [1.29, 1.82) is 0 Å². The van der Waals surface area contributed by atoms with Crippen molar-refractivity contribution in [3.63, 3.8) is 0 Å². The Morgan fingerprint density at radius 1 is 1.26 bits per heavy atom. The number of aromatic nitrogens is 3. The van der Waals surface area contributed by atoms with Crippen molar-refractivity contribution < 1.29 is 9.90 Å². The van der Waals surface area contributed by atoms with Gasteiger partial charge in [-0.25, -0.2) is 9.78 Å². The van der Waals surface area contributed by atoms with Crippen molar-refractivity contribution >= 4 is 33.7 Å². The number of halogens is 1. The van der Waals surface area contributed by atoms with Crippen LogP contribution in [0.2, 0.25) is 0 Å². The lowest BCUT2D eigenvalue weighted by molar-refractivity contribution is 0.0693. The van der Waals surface area contributed by atoms with Crippen molar-refractivity contribution in [2.24, 2.45) is 0 Å². The van der Waals surface area contributed by atoms with Gasteiger partial charge in [0.25, 0.3) is 0 Å². The smallest absolute Gasteiger partial charge is 0.336 e. The van der Waals surface area contributed by atoms with Gasteiger partial charge in [0.1, 0.15) is 0 Å². The summed E-state index contributed by atoms with van der Waals surface area (Å²) in [5.74, 6) is -0.980. The topological polar surface area (TPSA) is 76.0 Å². The van der Waals surface area contributed by atoms with Gasteiger partial charge in [-0.05, 0) is 43.8 Å². The molecule has 0 spiro atoms. The molecule has 0 unspecified atom stereocenters. The SMILES string of the molecule is Cc1nnc(Sc2cc(Br)ccc2C(=O)O)nc1C. The molecule has 2 rings (SSSR count). The van der Waals surface area contributed by atoms with Crippen LogP contribution in [0.4, 0.5) is 0 Å². The second kappa shape index (κ2) is 5.66. The maximum absolute atomic E-state index is 11.2. The summed E-state index contributed by atoms with van der Waals surface area (Å²) in [7, 11) is 0. The minimum Gasteiger partial charge on any atom is -0.478 e. The molecule has 0 aliphatic carbocycles. The number of rotatable bonds is 3. The van der Waals surface area contributed by atoms with Gasteiger partial charge in [-0.3, -0.25) is 0 Å². The highest BCUT2D eigenvalue weighted by molar-refractivity contribution is 9.10. The summed E-state index contributed by atoms with van der Waals surface area (Å²) in [4.78, 5) is 16.0. The van der Waals surface area contributed by atoms with Gasteiger partial charge in [0, 0.05) is 9.37 Å². The number of aryl methyl sites for hydroxylation is 2. The largest absolute Gasteiger partial charge is 0.478 e. The molecule has 1 N–H and O–H groups in total. The Kier molecular flexibility index (Phi) is 4.16. The quantitative estimate of drug-likeness (QED) is 0.925. The van der Waals surface area contributed by atoms with Crippen LogP contribution in [0.25, 0.3) is 0 Å². The molecular formula is C12H10BrN3O2S. The number of carboxylic acids is 1. The Hall–Kier alpha value is -1.47.